The molecule has 2 rings (SSSR count). The predicted molar refractivity (Wildman–Crippen MR) is 82.0 cm³/mol. The normalized spacial score (nSPS) is 12.1. The highest BCUT2D eigenvalue weighted by Gasteiger charge is 2.14. The monoisotopic (exact) mass is 287 g/mol. The third kappa shape index (κ3) is 4.39. The van der Waals surface area contributed by atoms with Crippen molar-refractivity contribution >= 4 is 5.82 Å². The van der Waals surface area contributed by atoms with Crippen molar-refractivity contribution in [2.75, 3.05) is 19.4 Å². The van der Waals surface area contributed by atoms with E-state index in [1.54, 1.807) is 13.3 Å². The molecule has 0 amide bonds. The van der Waals surface area contributed by atoms with Crippen LogP contribution in [0.15, 0.2) is 30.7 Å². The predicted octanol–water partition coefficient (Wildman–Crippen LogP) is 1.75. The lowest BCUT2D eigenvalue weighted by molar-refractivity contribution is 0.393. The molecule has 1 atom stereocenters. The molecule has 0 bridgehead atoms. The second-order valence-electron chi connectivity index (χ2n) is 4.79. The Kier molecular flexibility index (Phi) is 5.45. The molecule has 2 aromatic rings. The summed E-state index contributed by atoms with van der Waals surface area (Å²) in [5, 5.41) is 3.50. The quantitative estimate of drug-likeness (QED) is 0.807. The van der Waals surface area contributed by atoms with Gasteiger partial charge in [0.05, 0.1) is 18.8 Å². The van der Waals surface area contributed by atoms with Gasteiger partial charge in [0.25, 0.3) is 0 Å². The average molecular weight is 287 g/mol. The molecule has 112 valence electrons. The molecule has 6 heteroatoms. The van der Waals surface area contributed by atoms with Gasteiger partial charge in [0.1, 0.15) is 12.1 Å². The van der Waals surface area contributed by atoms with Crippen molar-refractivity contribution in [3.05, 3.63) is 42.0 Å². The van der Waals surface area contributed by atoms with Gasteiger partial charge in [-0.15, -0.1) is 0 Å². The molecule has 0 aliphatic carbocycles. The van der Waals surface area contributed by atoms with E-state index in [2.05, 4.69) is 27.2 Å². The summed E-state index contributed by atoms with van der Waals surface area (Å²) < 4.78 is 5.17. The highest BCUT2D eigenvalue weighted by atomic mass is 16.5. The first-order chi connectivity index (χ1) is 10.2. The molecule has 0 saturated heterocycles. The molecule has 2 aromatic heterocycles. The first-order valence-electron chi connectivity index (χ1n) is 7.02. The van der Waals surface area contributed by atoms with Gasteiger partial charge in [-0.25, -0.2) is 15.0 Å². The summed E-state index contributed by atoms with van der Waals surface area (Å²) in [5.41, 5.74) is 7.77. The summed E-state index contributed by atoms with van der Waals surface area (Å²) in [6.07, 6.45) is 5.09. The molecule has 3 N–H and O–H groups in total. The highest BCUT2D eigenvalue weighted by molar-refractivity contribution is 5.33. The Morgan fingerprint density at radius 2 is 2.14 bits per heavy atom. The molecule has 0 saturated carbocycles. The first-order valence-corrected chi connectivity index (χ1v) is 7.02. The smallest absolute Gasteiger partial charge is 0.216 e. The molecule has 0 spiro atoms. The summed E-state index contributed by atoms with van der Waals surface area (Å²) >= 11 is 0. The number of aromatic nitrogens is 3. The SMILES string of the molecule is CCCNC(Cc1ccnc(N)c1)c1cc(OC)ncn1. The fraction of sp³-hybridized carbons (Fsp3) is 0.400. The van der Waals surface area contributed by atoms with Crippen LogP contribution in [0.4, 0.5) is 5.82 Å². The molecule has 21 heavy (non-hydrogen) atoms. The fourth-order valence-corrected chi connectivity index (χ4v) is 2.11. The van der Waals surface area contributed by atoms with Gasteiger partial charge >= 0.3 is 0 Å². The summed E-state index contributed by atoms with van der Waals surface area (Å²) in [4.78, 5) is 12.4. The number of nitrogens with one attached hydrogen (secondary N) is 1. The number of rotatable bonds is 7. The Morgan fingerprint density at radius 3 is 2.86 bits per heavy atom. The van der Waals surface area contributed by atoms with Gasteiger partial charge in [0.2, 0.25) is 5.88 Å². The van der Waals surface area contributed by atoms with E-state index in [1.165, 1.54) is 6.33 Å². The number of nitrogens with two attached hydrogens (primary N) is 1. The molecule has 0 fully saturated rings. The lowest BCUT2D eigenvalue weighted by atomic mass is 10.0. The van der Waals surface area contributed by atoms with Gasteiger partial charge < -0.3 is 15.8 Å². The number of pyridine rings is 1. The van der Waals surface area contributed by atoms with E-state index < -0.39 is 0 Å². The van der Waals surface area contributed by atoms with Crippen LogP contribution in [-0.2, 0) is 6.42 Å². The second kappa shape index (κ2) is 7.54. The molecule has 2 heterocycles. The van der Waals surface area contributed by atoms with Crippen molar-refractivity contribution in [1.82, 2.24) is 20.3 Å². The van der Waals surface area contributed by atoms with Crippen LogP contribution in [0, 0.1) is 0 Å². The largest absolute Gasteiger partial charge is 0.481 e. The summed E-state index contributed by atoms with van der Waals surface area (Å²) in [6.45, 7) is 3.05. The number of hydrogen-bond acceptors (Lipinski definition) is 6. The van der Waals surface area contributed by atoms with Gasteiger partial charge in [0, 0.05) is 12.3 Å². The van der Waals surface area contributed by atoms with E-state index in [0.717, 1.165) is 30.6 Å². The van der Waals surface area contributed by atoms with E-state index in [9.17, 15) is 0 Å². The minimum absolute atomic E-state index is 0.0867. The Labute approximate surface area is 124 Å². The van der Waals surface area contributed by atoms with Crippen molar-refractivity contribution in [2.45, 2.75) is 25.8 Å². The third-order valence-electron chi connectivity index (χ3n) is 3.16. The number of ether oxygens (including phenoxy) is 1. The maximum absolute atomic E-state index is 5.74. The second-order valence-corrected chi connectivity index (χ2v) is 4.79. The van der Waals surface area contributed by atoms with Gasteiger partial charge in [-0.3, -0.25) is 0 Å². The number of anilines is 1. The Hall–Kier alpha value is -2.21. The van der Waals surface area contributed by atoms with E-state index in [0.29, 0.717) is 11.7 Å². The van der Waals surface area contributed by atoms with E-state index in [1.807, 2.05) is 18.2 Å². The summed E-state index contributed by atoms with van der Waals surface area (Å²) in [6, 6.07) is 5.80. The van der Waals surface area contributed by atoms with Crippen molar-refractivity contribution in [3.8, 4) is 5.88 Å². The standard InChI is InChI=1S/C15H21N5O/c1-3-5-17-12(7-11-4-6-18-14(16)8-11)13-9-15(21-2)20-10-19-13/h4,6,8-10,12,17H,3,5,7H2,1-2H3,(H2,16,18). The van der Waals surface area contributed by atoms with Crippen molar-refractivity contribution in [2.24, 2.45) is 0 Å². The minimum atomic E-state index is 0.0867. The molecule has 0 radical (unpaired) electrons. The number of methoxy groups -OCH3 is 1. The van der Waals surface area contributed by atoms with Crippen LogP contribution in [0.5, 0.6) is 5.88 Å². The molecule has 1 unspecified atom stereocenters. The van der Waals surface area contributed by atoms with Crippen molar-refractivity contribution in [3.63, 3.8) is 0 Å². The van der Waals surface area contributed by atoms with Crippen LogP contribution in [0.2, 0.25) is 0 Å². The molecule has 0 aliphatic rings. The van der Waals surface area contributed by atoms with Crippen molar-refractivity contribution in [1.29, 1.82) is 0 Å². The minimum Gasteiger partial charge on any atom is -0.481 e. The molecule has 0 aromatic carbocycles. The zero-order valence-corrected chi connectivity index (χ0v) is 12.4. The molecule has 0 aliphatic heterocycles. The highest BCUT2D eigenvalue weighted by Crippen LogP contribution is 2.19. The Morgan fingerprint density at radius 1 is 1.29 bits per heavy atom. The summed E-state index contributed by atoms with van der Waals surface area (Å²) in [5.74, 6) is 1.10. The topological polar surface area (TPSA) is 86.0 Å². The number of hydrogen-bond donors (Lipinski definition) is 2. The Bertz CT molecular complexity index is 575. The molecular formula is C15H21N5O. The zero-order chi connectivity index (χ0) is 15.1. The average Bonchev–Trinajstić information content (AvgIpc) is 2.51. The third-order valence-corrected chi connectivity index (χ3v) is 3.16. The van der Waals surface area contributed by atoms with Crippen LogP contribution < -0.4 is 15.8 Å². The number of nitrogens with zero attached hydrogens (tertiary/aromatic N) is 3. The van der Waals surface area contributed by atoms with Crippen molar-refractivity contribution < 1.29 is 4.74 Å². The fourth-order valence-electron chi connectivity index (χ4n) is 2.11. The van der Waals surface area contributed by atoms with Gasteiger partial charge in [-0.1, -0.05) is 6.92 Å². The van der Waals surface area contributed by atoms with Gasteiger partial charge in [0.15, 0.2) is 0 Å². The van der Waals surface area contributed by atoms with E-state index >= 15 is 0 Å². The zero-order valence-electron chi connectivity index (χ0n) is 12.4. The molecular weight excluding hydrogens is 266 g/mol. The van der Waals surface area contributed by atoms with Crippen LogP contribution in [0.25, 0.3) is 0 Å². The molecule has 6 nitrogen and oxygen atoms in total. The van der Waals surface area contributed by atoms with E-state index in [-0.39, 0.29) is 6.04 Å². The Balaban J connectivity index is 2.20. The maximum atomic E-state index is 5.74. The maximum Gasteiger partial charge on any atom is 0.216 e. The van der Waals surface area contributed by atoms with Gasteiger partial charge in [-0.05, 0) is 37.1 Å². The van der Waals surface area contributed by atoms with Gasteiger partial charge in [-0.2, -0.15) is 0 Å². The first kappa shape index (κ1) is 15.2. The van der Waals surface area contributed by atoms with Crippen LogP contribution in [0.3, 0.4) is 0 Å². The lowest BCUT2D eigenvalue weighted by Gasteiger charge is -2.18. The van der Waals surface area contributed by atoms with Crippen LogP contribution >= 0.6 is 0 Å². The van der Waals surface area contributed by atoms with Crippen LogP contribution in [0.1, 0.15) is 30.6 Å². The summed E-state index contributed by atoms with van der Waals surface area (Å²) in [7, 11) is 1.60. The van der Waals surface area contributed by atoms with E-state index in [4.69, 9.17) is 10.5 Å². The van der Waals surface area contributed by atoms with Crippen LogP contribution in [-0.4, -0.2) is 28.6 Å². The number of nitrogen functional groups attached to an aromatic ring is 1. The lowest BCUT2D eigenvalue weighted by Crippen LogP contribution is -2.25.